The minimum absolute atomic E-state index is 0.0768. The van der Waals surface area contributed by atoms with Crippen LogP contribution in [0.3, 0.4) is 0 Å². The SMILES string of the molecule is CC(=O)OC[C@H]1C[C@H]2C(=O)O[C@H](C)[C@H]2[C@@H](/C=C/c2ccc(-c3cccc(F)c3)cn2)[C@@H]1CCBr.CC[C@@H]1[C@@H](CO)C[C@H]2C(=O)O[C@H](C)[C@H]2[C@H]1/C=C/c1ccc(-c2cccc(F)c2)cn1. The second kappa shape index (κ2) is 21.3. The first-order valence-electron chi connectivity index (χ1n) is 22.4. The van der Waals surface area contributed by atoms with Gasteiger partial charge in [-0.25, -0.2) is 8.78 Å². The highest BCUT2D eigenvalue weighted by atomic mass is 79.9. The standard InChI is InChI=1S/C27H29BrFNO4.C25H28FNO3/c1-16-26-24(9-8-22-7-6-19(14-30-22)18-4-3-5-21(29)12-18)23(10-11-28)20(15-33-17(2)31)13-25(26)27(32)34-16;1-3-21-18(14-28)12-23-24(15(2)30-25(23)29)22(21)10-9-20-8-7-17(13-27-20)16-5-4-6-19(26)11-16/h3-9,12,14,16,20,23-26H,10-11,13,15H2,1-2H3;4-11,13,15,18,21-24,28H,3,12,14H2,1-2H3/b9-8+;10-9+/t16-,20-,23-,24+,25-,26+;15-,18-,21-,22+,23-,24+/m11/s1. The maximum Gasteiger partial charge on any atom is 0.309 e. The van der Waals surface area contributed by atoms with Crippen LogP contribution in [0.2, 0.25) is 0 Å². The molecule has 0 spiro atoms. The molecule has 2 aliphatic heterocycles. The van der Waals surface area contributed by atoms with Gasteiger partial charge in [-0.1, -0.05) is 77.8 Å². The van der Waals surface area contributed by atoms with Crippen molar-refractivity contribution >= 4 is 46.0 Å². The molecule has 0 unspecified atom stereocenters. The number of ether oxygens (including phenoxy) is 3. The number of benzene rings is 2. The quantitative estimate of drug-likeness (QED) is 0.0840. The number of allylic oxidation sites excluding steroid dienone is 2. The van der Waals surface area contributed by atoms with E-state index in [0.717, 1.165) is 51.8 Å². The number of aliphatic hydroxyl groups excluding tert-OH is 1. The summed E-state index contributed by atoms with van der Waals surface area (Å²) in [5.74, 6) is -0.307. The first kappa shape index (κ1) is 46.9. The molecule has 8 rings (SSSR count). The largest absolute Gasteiger partial charge is 0.466 e. The van der Waals surface area contributed by atoms with Crippen LogP contribution in [-0.2, 0) is 28.6 Å². The van der Waals surface area contributed by atoms with Gasteiger partial charge in [0.25, 0.3) is 0 Å². The van der Waals surface area contributed by atoms with Gasteiger partial charge in [0.05, 0.1) is 29.8 Å². The molecule has 1 N–H and O–H groups in total. The van der Waals surface area contributed by atoms with Crippen molar-refractivity contribution in [3.63, 3.8) is 0 Å². The maximum atomic E-state index is 13.6. The number of carbonyl (C=O) groups excluding carboxylic acids is 3. The molecule has 2 aromatic heterocycles. The number of fused-ring (bicyclic) bond motifs is 2. The normalized spacial score (nSPS) is 29.7. The van der Waals surface area contributed by atoms with Crippen molar-refractivity contribution in [3.8, 4) is 22.3 Å². The van der Waals surface area contributed by atoms with Crippen molar-refractivity contribution in [2.24, 2.45) is 59.2 Å². The van der Waals surface area contributed by atoms with E-state index in [4.69, 9.17) is 14.2 Å². The minimum Gasteiger partial charge on any atom is -0.466 e. The molecular weight excluding hydrogens is 882 g/mol. The van der Waals surface area contributed by atoms with E-state index >= 15 is 0 Å². The third-order valence-corrected chi connectivity index (χ3v) is 14.4. The van der Waals surface area contributed by atoms with Gasteiger partial charge in [-0.05, 0) is 128 Å². The van der Waals surface area contributed by atoms with E-state index in [0.29, 0.717) is 25.4 Å². The number of esters is 3. The Bertz CT molecular complexity index is 2310. The van der Waals surface area contributed by atoms with Gasteiger partial charge in [-0.15, -0.1) is 0 Å². The van der Waals surface area contributed by atoms with Crippen molar-refractivity contribution in [2.75, 3.05) is 18.5 Å². The number of cyclic esters (lactones) is 2. The van der Waals surface area contributed by atoms with Gasteiger partial charge >= 0.3 is 17.9 Å². The fourth-order valence-electron chi connectivity index (χ4n) is 11.0. The number of carbonyl (C=O) groups is 3. The van der Waals surface area contributed by atoms with E-state index in [2.05, 4.69) is 45.0 Å². The highest BCUT2D eigenvalue weighted by Gasteiger charge is 2.54. The van der Waals surface area contributed by atoms with Crippen molar-refractivity contribution in [1.29, 1.82) is 0 Å². The molecule has 2 saturated heterocycles. The van der Waals surface area contributed by atoms with E-state index in [1.165, 1.54) is 31.2 Å². The third kappa shape index (κ3) is 10.7. The van der Waals surface area contributed by atoms with Crippen LogP contribution in [0.25, 0.3) is 34.4 Å². The van der Waals surface area contributed by atoms with Crippen LogP contribution in [0.4, 0.5) is 8.78 Å². The second-order valence-electron chi connectivity index (χ2n) is 17.7. The molecule has 4 heterocycles. The van der Waals surface area contributed by atoms with Crippen molar-refractivity contribution in [2.45, 2.75) is 65.6 Å². The average molecular weight is 940 g/mol. The van der Waals surface area contributed by atoms with E-state index in [-0.39, 0.29) is 102 Å². The number of alkyl halides is 1. The summed E-state index contributed by atoms with van der Waals surface area (Å²) in [4.78, 5) is 45.4. The minimum atomic E-state index is -0.309. The highest BCUT2D eigenvalue weighted by molar-refractivity contribution is 9.09. The lowest BCUT2D eigenvalue weighted by Crippen LogP contribution is -2.43. The van der Waals surface area contributed by atoms with E-state index in [1.807, 2.05) is 62.4 Å². The smallest absolute Gasteiger partial charge is 0.309 e. The number of rotatable bonds is 12. The number of aromatic nitrogens is 2. The van der Waals surface area contributed by atoms with Gasteiger partial charge in [-0.3, -0.25) is 24.4 Å². The summed E-state index contributed by atoms with van der Waals surface area (Å²) in [5, 5.41) is 10.7. The molecule has 12 atom stereocenters. The molecule has 4 aromatic rings. The predicted octanol–water partition coefficient (Wildman–Crippen LogP) is 10.4. The Morgan fingerprint density at radius 2 is 1.27 bits per heavy atom. The Balaban J connectivity index is 0.000000193. The summed E-state index contributed by atoms with van der Waals surface area (Å²) < 4.78 is 43.6. The van der Waals surface area contributed by atoms with Gasteiger partial charge in [-0.2, -0.15) is 0 Å². The van der Waals surface area contributed by atoms with Crippen LogP contribution in [0.5, 0.6) is 0 Å². The predicted molar refractivity (Wildman–Crippen MR) is 245 cm³/mol. The molecule has 338 valence electrons. The Kier molecular flexibility index (Phi) is 15.6. The van der Waals surface area contributed by atoms with Crippen LogP contribution in [0.1, 0.15) is 64.8 Å². The molecular formula is C52H57BrF2N2O7. The molecule has 4 fully saturated rings. The number of hydrogen-bond donors (Lipinski definition) is 1. The summed E-state index contributed by atoms with van der Waals surface area (Å²) in [6.45, 7) is 7.89. The van der Waals surface area contributed by atoms with Crippen LogP contribution >= 0.6 is 15.9 Å². The number of nitrogens with zero attached hydrogens (tertiary/aromatic N) is 2. The van der Waals surface area contributed by atoms with Crippen LogP contribution < -0.4 is 0 Å². The maximum absolute atomic E-state index is 13.6. The molecule has 12 heteroatoms. The molecule has 64 heavy (non-hydrogen) atoms. The summed E-state index contributed by atoms with van der Waals surface area (Å²) in [7, 11) is 0. The Hall–Kier alpha value is -5.07. The summed E-state index contributed by atoms with van der Waals surface area (Å²) >= 11 is 3.58. The number of halogens is 3. The molecule has 2 aliphatic carbocycles. The lowest BCUT2D eigenvalue weighted by molar-refractivity contribution is -0.146. The molecule has 0 bridgehead atoms. The van der Waals surface area contributed by atoms with Gasteiger partial charge in [0, 0.05) is 54.2 Å². The average Bonchev–Trinajstić information content (AvgIpc) is 3.75. The van der Waals surface area contributed by atoms with Crippen LogP contribution in [-0.4, -0.2) is 63.7 Å². The highest BCUT2D eigenvalue weighted by Crippen LogP contribution is 2.52. The monoisotopic (exact) mass is 938 g/mol. The van der Waals surface area contributed by atoms with Gasteiger partial charge in [0.2, 0.25) is 0 Å². The molecule has 2 saturated carbocycles. The van der Waals surface area contributed by atoms with Gasteiger partial charge in [0.15, 0.2) is 0 Å². The van der Waals surface area contributed by atoms with Crippen molar-refractivity contribution in [1.82, 2.24) is 9.97 Å². The van der Waals surface area contributed by atoms with Gasteiger partial charge < -0.3 is 19.3 Å². The summed E-state index contributed by atoms with van der Waals surface area (Å²) in [6, 6.07) is 20.6. The zero-order valence-corrected chi connectivity index (χ0v) is 38.3. The number of hydrogen-bond acceptors (Lipinski definition) is 9. The lowest BCUT2D eigenvalue weighted by atomic mass is 9.60. The zero-order valence-electron chi connectivity index (χ0n) is 36.7. The Morgan fingerprint density at radius 3 is 1.69 bits per heavy atom. The van der Waals surface area contributed by atoms with Crippen LogP contribution in [0.15, 0.2) is 97.3 Å². The summed E-state index contributed by atoms with van der Waals surface area (Å²) in [5.41, 5.74) is 4.87. The van der Waals surface area contributed by atoms with E-state index < -0.39 is 0 Å². The second-order valence-corrected chi connectivity index (χ2v) is 18.5. The van der Waals surface area contributed by atoms with Crippen LogP contribution in [0, 0.1) is 70.8 Å². The Labute approximate surface area is 382 Å². The summed E-state index contributed by atoms with van der Waals surface area (Å²) in [6.07, 6.45) is 14.7. The number of aliphatic hydroxyl groups is 1. The van der Waals surface area contributed by atoms with E-state index in [1.54, 1.807) is 24.5 Å². The third-order valence-electron chi connectivity index (χ3n) is 13.9. The molecule has 2 aromatic carbocycles. The lowest BCUT2D eigenvalue weighted by Gasteiger charge is -2.43. The molecule has 0 amide bonds. The van der Waals surface area contributed by atoms with Crippen molar-refractivity contribution in [3.05, 3.63) is 120 Å². The topological polar surface area (TPSA) is 125 Å². The fourth-order valence-corrected chi connectivity index (χ4v) is 11.5. The molecule has 4 aliphatic rings. The fraction of sp³-hybridized carbons (Fsp3) is 0.442. The molecule has 0 radical (unpaired) electrons. The first-order valence-corrected chi connectivity index (χ1v) is 23.5. The number of pyridine rings is 2. The first-order chi connectivity index (χ1) is 30.9. The van der Waals surface area contributed by atoms with E-state index in [9.17, 15) is 28.3 Å². The zero-order chi connectivity index (χ0) is 45.5. The van der Waals surface area contributed by atoms with Gasteiger partial charge in [0.1, 0.15) is 23.8 Å². The Morgan fingerprint density at radius 1 is 0.766 bits per heavy atom. The molecule has 9 nitrogen and oxygen atoms in total. The van der Waals surface area contributed by atoms with Crippen molar-refractivity contribution < 1.29 is 42.5 Å².